The van der Waals surface area contributed by atoms with E-state index in [0.29, 0.717) is 18.5 Å². The topological polar surface area (TPSA) is 120 Å². The maximum absolute atomic E-state index is 12.7. The fourth-order valence-corrected chi connectivity index (χ4v) is 4.52. The van der Waals surface area contributed by atoms with Crippen molar-refractivity contribution in [2.24, 2.45) is 0 Å². The lowest BCUT2D eigenvalue weighted by molar-refractivity contribution is -0.192. The first-order valence-corrected chi connectivity index (χ1v) is 10.1. The highest BCUT2D eigenvalue weighted by Crippen LogP contribution is 2.21. The number of amides is 1. The number of hydrogen-bond donors (Lipinski definition) is 2. The summed E-state index contributed by atoms with van der Waals surface area (Å²) in [4.78, 5) is 30.3. The summed E-state index contributed by atoms with van der Waals surface area (Å²) >= 11 is 0. The molecular weight excluding hydrogens is 415 g/mol. The van der Waals surface area contributed by atoms with Gasteiger partial charge in [0.25, 0.3) is 5.91 Å². The smallest absolute Gasteiger partial charge is 0.475 e. The van der Waals surface area contributed by atoms with E-state index in [4.69, 9.17) is 9.90 Å². The Morgan fingerprint density at radius 3 is 2.55 bits per heavy atom. The van der Waals surface area contributed by atoms with Crippen LogP contribution >= 0.6 is 0 Å². The van der Waals surface area contributed by atoms with Crippen molar-refractivity contribution in [1.29, 1.82) is 0 Å². The molecule has 8 nitrogen and oxygen atoms in total. The zero-order valence-electron chi connectivity index (χ0n) is 15.0. The maximum Gasteiger partial charge on any atom is 0.490 e. The number of aliphatic carboxylic acids is 1. The van der Waals surface area contributed by atoms with Gasteiger partial charge in [0.05, 0.1) is 28.9 Å². The van der Waals surface area contributed by atoms with Crippen LogP contribution in [0.5, 0.6) is 0 Å². The highest BCUT2D eigenvalue weighted by Gasteiger charge is 2.38. The lowest BCUT2D eigenvalue weighted by Gasteiger charge is -2.27. The van der Waals surface area contributed by atoms with Gasteiger partial charge in [0.2, 0.25) is 0 Å². The van der Waals surface area contributed by atoms with Crippen LogP contribution in [0.1, 0.15) is 16.8 Å². The van der Waals surface area contributed by atoms with E-state index < -0.39 is 22.0 Å². The fraction of sp³-hybridized carbons (Fsp3) is 0.353. The van der Waals surface area contributed by atoms with Crippen LogP contribution in [0.15, 0.2) is 37.2 Å². The molecule has 2 N–H and O–H groups in total. The van der Waals surface area contributed by atoms with Gasteiger partial charge in [-0.1, -0.05) is 6.08 Å². The number of fused-ring (bicyclic) bond motifs is 1. The van der Waals surface area contributed by atoms with Crippen LogP contribution in [-0.4, -0.2) is 70.5 Å². The van der Waals surface area contributed by atoms with E-state index in [0.717, 1.165) is 11.0 Å². The van der Waals surface area contributed by atoms with Crippen molar-refractivity contribution in [3.8, 4) is 0 Å². The molecule has 1 atom stereocenters. The summed E-state index contributed by atoms with van der Waals surface area (Å²) in [6, 6.07) is 4.94. The quantitative estimate of drug-likeness (QED) is 0.712. The summed E-state index contributed by atoms with van der Waals surface area (Å²) in [6.07, 6.45) is -1.41. The Kier molecular flexibility index (Phi) is 6.67. The highest BCUT2D eigenvalue weighted by molar-refractivity contribution is 7.91. The Labute approximate surface area is 164 Å². The lowest BCUT2D eigenvalue weighted by atomic mass is 10.1. The Balaban J connectivity index is 0.000000370. The number of aromatic nitrogens is 2. The highest BCUT2D eigenvalue weighted by atomic mass is 32.2. The van der Waals surface area contributed by atoms with E-state index in [1.54, 1.807) is 35.5 Å². The number of nitrogens with zero attached hydrogens (tertiary/aromatic N) is 2. The molecule has 0 spiro atoms. The number of carboxylic acids is 1. The number of carbonyl (C=O) groups excluding carboxylic acids is 1. The fourth-order valence-electron chi connectivity index (χ4n) is 2.79. The minimum atomic E-state index is -5.08. The molecule has 1 amide bonds. The first-order valence-electron chi connectivity index (χ1n) is 8.30. The average molecular weight is 433 g/mol. The molecule has 1 saturated heterocycles. The number of carbonyl (C=O) groups is 2. The number of halogens is 3. The molecule has 1 fully saturated rings. The van der Waals surface area contributed by atoms with Crippen molar-refractivity contribution in [2.75, 3.05) is 18.1 Å². The lowest BCUT2D eigenvalue weighted by Crippen LogP contribution is -2.41. The van der Waals surface area contributed by atoms with Crippen LogP contribution in [0.2, 0.25) is 0 Å². The van der Waals surface area contributed by atoms with E-state index in [1.165, 1.54) is 0 Å². The second-order valence-corrected chi connectivity index (χ2v) is 8.47. The van der Waals surface area contributed by atoms with Gasteiger partial charge in [-0.2, -0.15) is 13.2 Å². The summed E-state index contributed by atoms with van der Waals surface area (Å²) in [6.45, 7) is 4.00. The normalized spacial score (nSPS) is 18.0. The van der Waals surface area contributed by atoms with E-state index in [1.807, 2.05) is 0 Å². The summed E-state index contributed by atoms with van der Waals surface area (Å²) < 4.78 is 55.1. The number of H-pyrrole nitrogens is 1. The molecule has 2 heterocycles. The van der Waals surface area contributed by atoms with Crippen LogP contribution in [0, 0.1) is 0 Å². The summed E-state index contributed by atoms with van der Waals surface area (Å²) in [5, 5.41) is 7.12. The number of imidazole rings is 1. The van der Waals surface area contributed by atoms with Crippen molar-refractivity contribution >= 4 is 32.7 Å². The number of nitrogens with one attached hydrogen (secondary N) is 1. The molecule has 12 heteroatoms. The predicted octanol–water partition coefficient (Wildman–Crippen LogP) is 2.01. The van der Waals surface area contributed by atoms with Crippen LogP contribution in [0.25, 0.3) is 11.0 Å². The number of benzene rings is 1. The van der Waals surface area contributed by atoms with Gasteiger partial charge in [0.15, 0.2) is 9.84 Å². The summed E-state index contributed by atoms with van der Waals surface area (Å²) in [7, 11) is -3.04. The van der Waals surface area contributed by atoms with Gasteiger partial charge < -0.3 is 15.0 Å². The molecule has 0 bridgehead atoms. The number of sulfone groups is 1. The van der Waals surface area contributed by atoms with Gasteiger partial charge in [-0.05, 0) is 24.6 Å². The Hall–Kier alpha value is -2.89. The summed E-state index contributed by atoms with van der Waals surface area (Å²) in [5.41, 5.74) is 2.08. The zero-order chi connectivity index (χ0) is 21.8. The first kappa shape index (κ1) is 22.4. The number of carboxylic acid groups (broad SMARTS) is 1. The van der Waals surface area contributed by atoms with Gasteiger partial charge in [0, 0.05) is 18.2 Å². The zero-order valence-corrected chi connectivity index (χ0v) is 15.8. The van der Waals surface area contributed by atoms with Crippen LogP contribution in [0.4, 0.5) is 13.2 Å². The Bertz CT molecular complexity index is 1020. The SMILES string of the molecule is C=CCN(C(=O)c1ccc2nc[nH]c2c1)C1CCS(=O)(=O)C1.O=C(O)C(F)(F)F. The third-order valence-electron chi connectivity index (χ3n) is 4.15. The van der Waals surface area contributed by atoms with Crippen LogP contribution in [0.3, 0.4) is 0 Å². The van der Waals surface area contributed by atoms with Gasteiger partial charge in [-0.3, -0.25) is 4.79 Å². The molecule has 1 aromatic carbocycles. The Morgan fingerprint density at radius 1 is 1.38 bits per heavy atom. The van der Waals surface area contributed by atoms with Gasteiger partial charge in [-0.15, -0.1) is 6.58 Å². The molecule has 2 aromatic rings. The minimum Gasteiger partial charge on any atom is -0.475 e. The van der Waals surface area contributed by atoms with Crippen molar-refractivity contribution in [1.82, 2.24) is 14.9 Å². The third-order valence-corrected chi connectivity index (χ3v) is 5.90. The second-order valence-electron chi connectivity index (χ2n) is 6.24. The van der Waals surface area contributed by atoms with E-state index in [-0.39, 0.29) is 23.5 Å². The van der Waals surface area contributed by atoms with E-state index >= 15 is 0 Å². The van der Waals surface area contributed by atoms with Crippen LogP contribution < -0.4 is 0 Å². The predicted molar refractivity (Wildman–Crippen MR) is 98.1 cm³/mol. The number of aromatic amines is 1. The molecule has 158 valence electrons. The van der Waals surface area contributed by atoms with Gasteiger partial charge in [0.1, 0.15) is 0 Å². The van der Waals surface area contributed by atoms with Crippen LogP contribution in [-0.2, 0) is 14.6 Å². The number of rotatable bonds is 4. The van der Waals surface area contributed by atoms with Crippen molar-refractivity contribution in [3.63, 3.8) is 0 Å². The molecule has 1 aromatic heterocycles. The Morgan fingerprint density at radius 2 is 2.03 bits per heavy atom. The monoisotopic (exact) mass is 433 g/mol. The molecule has 0 saturated carbocycles. The number of hydrogen-bond acceptors (Lipinski definition) is 5. The third kappa shape index (κ3) is 5.79. The standard InChI is InChI=1S/C15H17N3O3S.C2HF3O2/c1-2-6-18(12-5-7-22(20,21)9-12)15(19)11-3-4-13-14(8-11)17-10-16-13;3-2(4,5)1(6)7/h2-4,8,10,12H,1,5-7,9H2,(H,16,17);(H,6,7). The minimum absolute atomic E-state index is 0.0267. The second kappa shape index (κ2) is 8.64. The molecule has 0 aliphatic carbocycles. The molecule has 29 heavy (non-hydrogen) atoms. The largest absolute Gasteiger partial charge is 0.490 e. The average Bonchev–Trinajstić information content (AvgIpc) is 3.24. The number of alkyl halides is 3. The molecular formula is C17H18F3N3O5S. The summed E-state index contributed by atoms with van der Waals surface area (Å²) in [5.74, 6) is -2.78. The molecule has 1 unspecified atom stereocenters. The molecule has 0 radical (unpaired) electrons. The molecule has 3 rings (SSSR count). The van der Waals surface area contributed by atoms with Crippen molar-refractivity contribution < 1.29 is 36.3 Å². The first-order chi connectivity index (χ1) is 13.4. The van der Waals surface area contributed by atoms with Gasteiger partial charge in [-0.25, -0.2) is 18.2 Å². The van der Waals surface area contributed by atoms with E-state index in [2.05, 4.69) is 16.5 Å². The van der Waals surface area contributed by atoms with Crippen molar-refractivity contribution in [3.05, 3.63) is 42.7 Å². The molecule has 1 aliphatic heterocycles. The maximum atomic E-state index is 12.7. The van der Waals surface area contributed by atoms with Gasteiger partial charge >= 0.3 is 12.1 Å². The molecule has 1 aliphatic rings. The van der Waals surface area contributed by atoms with E-state index in [9.17, 15) is 26.4 Å². The van der Waals surface area contributed by atoms with Crippen molar-refractivity contribution in [2.45, 2.75) is 18.6 Å².